The fourth-order valence-corrected chi connectivity index (χ4v) is 4.94. The summed E-state index contributed by atoms with van der Waals surface area (Å²) in [5, 5.41) is 9.54. The zero-order valence-electron chi connectivity index (χ0n) is 12.8. The number of halogens is 1. The second-order valence-corrected chi connectivity index (χ2v) is 8.31. The highest BCUT2D eigenvalue weighted by molar-refractivity contribution is 7.90. The van der Waals surface area contributed by atoms with Crippen LogP contribution >= 0.6 is 0 Å². The molecule has 1 aromatic carbocycles. The van der Waals surface area contributed by atoms with Crippen molar-refractivity contribution in [1.82, 2.24) is 4.57 Å². The van der Waals surface area contributed by atoms with Gasteiger partial charge in [0.25, 0.3) is 0 Å². The van der Waals surface area contributed by atoms with Crippen LogP contribution in [0.2, 0.25) is 0 Å². The summed E-state index contributed by atoms with van der Waals surface area (Å²) in [6.07, 6.45) is 1.88. The zero-order valence-corrected chi connectivity index (χ0v) is 13.6. The van der Waals surface area contributed by atoms with E-state index in [0.717, 1.165) is 12.8 Å². The van der Waals surface area contributed by atoms with Crippen LogP contribution in [-0.2, 0) is 26.9 Å². The van der Waals surface area contributed by atoms with Crippen LogP contribution in [0.1, 0.15) is 24.1 Å². The number of carbonyl (C=O) groups is 1. The number of benzene rings is 1. The molecule has 1 aliphatic rings. The summed E-state index contributed by atoms with van der Waals surface area (Å²) in [7, 11) is -3.30. The van der Waals surface area contributed by atoms with Gasteiger partial charge in [0.2, 0.25) is 0 Å². The Morgan fingerprint density at radius 1 is 1.39 bits per heavy atom. The van der Waals surface area contributed by atoms with Crippen molar-refractivity contribution in [3.8, 4) is 0 Å². The minimum Gasteiger partial charge on any atom is -0.480 e. The van der Waals surface area contributed by atoms with Crippen molar-refractivity contribution in [2.75, 3.05) is 5.75 Å². The lowest BCUT2D eigenvalue weighted by molar-refractivity contribution is -0.137. The Hall–Kier alpha value is -1.89. The lowest BCUT2D eigenvalue weighted by atomic mass is 10.1. The van der Waals surface area contributed by atoms with E-state index in [1.807, 2.05) is 0 Å². The molecule has 2 aromatic rings. The predicted octanol–water partition coefficient (Wildman–Crippen LogP) is 2.50. The van der Waals surface area contributed by atoms with Gasteiger partial charge in [-0.25, -0.2) is 12.8 Å². The Morgan fingerprint density at radius 3 is 2.70 bits per heavy atom. The van der Waals surface area contributed by atoms with Crippen LogP contribution in [-0.4, -0.2) is 29.8 Å². The van der Waals surface area contributed by atoms with Crippen LogP contribution in [0.5, 0.6) is 0 Å². The third-order valence-corrected chi connectivity index (χ3v) is 5.97. The van der Waals surface area contributed by atoms with Crippen molar-refractivity contribution in [3.05, 3.63) is 35.3 Å². The van der Waals surface area contributed by atoms with Crippen LogP contribution < -0.4 is 0 Å². The van der Waals surface area contributed by atoms with Crippen molar-refractivity contribution in [2.45, 2.75) is 32.1 Å². The molecule has 7 heteroatoms. The highest BCUT2D eigenvalue weighted by Gasteiger charge is 2.29. The number of fused-ring (bicyclic) bond motifs is 1. The molecule has 1 heterocycles. The number of aliphatic carboxylic acids is 1. The second-order valence-electron chi connectivity index (χ2n) is 6.20. The lowest BCUT2D eigenvalue weighted by Crippen LogP contribution is -2.13. The SMILES string of the molecule is Cc1c(CS(=O)(=O)CC2CC2)c2cc(F)ccc2n1CC(=O)O. The first kappa shape index (κ1) is 16.0. The molecule has 1 fully saturated rings. The molecule has 1 aliphatic carbocycles. The van der Waals surface area contributed by atoms with Crippen molar-refractivity contribution in [1.29, 1.82) is 0 Å². The molecule has 124 valence electrons. The van der Waals surface area contributed by atoms with Crippen LogP contribution in [0.25, 0.3) is 10.9 Å². The number of hydrogen-bond acceptors (Lipinski definition) is 3. The summed E-state index contributed by atoms with van der Waals surface area (Å²) < 4.78 is 39.8. The highest BCUT2D eigenvalue weighted by atomic mass is 32.2. The van der Waals surface area contributed by atoms with E-state index in [0.29, 0.717) is 22.2 Å². The standard InChI is InChI=1S/C16H18FNO4S/c1-10-14(9-23(21,22)8-11-2-3-11)13-6-12(17)4-5-15(13)18(10)7-16(19)20/h4-6,11H,2-3,7-9H2,1H3,(H,19,20). The average molecular weight is 339 g/mol. The van der Waals surface area contributed by atoms with E-state index in [4.69, 9.17) is 5.11 Å². The molecule has 0 atom stereocenters. The summed E-state index contributed by atoms with van der Waals surface area (Å²) >= 11 is 0. The molecule has 0 saturated heterocycles. The maximum absolute atomic E-state index is 13.6. The largest absolute Gasteiger partial charge is 0.480 e. The first-order valence-electron chi connectivity index (χ1n) is 7.46. The monoisotopic (exact) mass is 339 g/mol. The van der Waals surface area contributed by atoms with E-state index in [9.17, 15) is 17.6 Å². The van der Waals surface area contributed by atoms with Crippen LogP contribution in [0, 0.1) is 18.7 Å². The van der Waals surface area contributed by atoms with Gasteiger partial charge in [-0.15, -0.1) is 0 Å². The smallest absolute Gasteiger partial charge is 0.323 e. The third kappa shape index (κ3) is 3.39. The Bertz CT molecular complexity index is 881. The number of sulfone groups is 1. The topological polar surface area (TPSA) is 76.4 Å². The molecule has 1 N–H and O–H groups in total. The Kier molecular flexibility index (Phi) is 3.91. The maximum Gasteiger partial charge on any atom is 0.323 e. The van der Waals surface area contributed by atoms with Gasteiger partial charge >= 0.3 is 5.97 Å². The van der Waals surface area contributed by atoms with Crippen LogP contribution in [0.3, 0.4) is 0 Å². The zero-order chi connectivity index (χ0) is 16.8. The predicted molar refractivity (Wildman–Crippen MR) is 84.5 cm³/mol. The minimum absolute atomic E-state index is 0.146. The van der Waals surface area contributed by atoms with E-state index in [1.54, 1.807) is 6.92 Å². The van der Waals surface area contributed by atoms with E-state index in [1.165, 1.54) is 22.8 Å². The molecule has 1 saturated carbocycles. The number of carboxylic acids is 1. The number of hydrogen-bond donors (Lipinski definition) is 1. The maximum atomic E-state index is 13.6. The molecule has 23 heavy (non-hydrogen) atoms. The Balaban J connectivity index is 2.09. The van der Waals surface area contributed by atoms with Gasteiger partial charge in [0.15, 0.2) is 9.84 Å². The molecule has 0 spiro atoms. The summed E-state index contributed by atoms with van der Waals surface area (Å²) in [6, 6.07) is 4.03. The number of rotatable bonds is 6. The van der Waals surface area contributed by atoms with Crippen molar-refractivity contribution in [2.24, 2.45) is 5.92 Å². The summed E-state index contributed by atoms with van der Waals surface area (Å²) in [5.74, 6) is -1.29. The van der Waals surface area contributed by atoms with Gasteiger partial charge < -0.3 is 9.67 Å². The number of aromatic nitrogens is 1. The quantitative estimate of drug-likeness (QED) is 0.877. The van der Waals surface area contributed by atoms with E-state index < -0.39 is 21.6 Å². The van der Waals surface area contributed by atoms with Crippen molar-refractivity contribution < 1.29 is 22.7 Å². The highest BCUT2D eigenvalue weighted by Crippen LogP contribution is 2.33. The van der Waals surface area contributed by atoms with Gasteiger partial charge in [0.1, 0.15) is 12.4 Å². The van der Waals surface area contributed by atoms with Gasteiger partial charge in [-0.1, -0.05) is 0 Å². The number of carboxylic acid groups (broad SMARTS) is 1. The third-order valence-electron chi connectivity index (χ3n) is 4.26. The molecule has 0 unspecified atom stereocenters. The van der Waals surface area contributed by atoms with E-state index in [-0.39, 0.29) is 24.0 Å². The molecule has 1 aromatic heterocycles. The molecule has 0 amide bonds. The lowest BCUT2D eigenvalue weighted by Gasteiger charge is -2.06. The molecule has 3 rings (SSSR count). The molecule has 0 aliphatic heterocycles. The van der Waals surface area contributed by atoms with Gasteiger partial charge in [-0.3, -0.25) is 4.79 Å². The van der Waals surface area contributed by atoms with Crippen LogP contribution in [0.4, 0.5) is 4.39 Å². The van der Waals surface area contributed by atoms with Gasteiger partial charge in [-0.05, 0) is 49.4 Å². The van der Waals surface area contributed by atoms with E-state index >= 15 is 0 Å². The van der Waals surface area contributed by atoms with Gasteiger partial charge in [0, 0.05) is 16.6 Å². The van der Waals surface area contributed by atoms with Gasteiger partial charge in [-0.2, -0.15) is 0 Å². The van der Waals surface area contributed by atoms with E-state index in [2.05, 4.69) is 0 Å². The van der Waals surface area contributed by atoms with Crippen molar-refractivity contribution >= 4 is 26.7 Å². The molecular weight excluding hydrogens is 321 g/mol. The Morgan fingerprint density at radius 2 is 2.09 bits per heavy atom. The molecular formula is C16H18FNO4S. The average Bonchev–Trinajstić information content (AvgIpc) is 3.21. The van der Waals surface area contributed by atoms with Gasteiger partial charge in [0.05, 0.1) is 11.5 Å². The number of nitrogens with zero attached hydrogens (tertiary/aromatic N) is 1. The fourth-order valence-electron chi connectivity index (χ4n) is 2.97. The van der Waals surface area contributed by atoms with Crippen LogP contribution in [0.15, 0.2) is 18.2 Å². The summed E-state index contributed by atoms with van der Waals surface area (Å²) in [4.78, 5) is 11.1. The molecule has 0 bridgehead atoms. The minimum atomic E-state index is -3.30. The first-order chi connectivity index (χ1) is 10.8. The second kappa shape index (κ2) is 5.63. The normalized spacial score (nSPS) is 15.2. The summed E-state index contributed by atoms with van der Waals surface area (Å²) in [5.41, 5.74) is 1.61. The summed E-state index contributed by atoms with van der Waals surface area (Å²) in [6.45, 7) is 1.40. The molecule has 5 nitrogen and oxygen atoms in total. The molecule has 0 radical (unpaired) electrons. The Labute approximate surface area is 133 Å². The fraction of sp³-hybridized carbons (Fsp3) is 0.438. The van der Waals surface area contributed by atoms with Crippen molar-refractivity contribution in [3.63, 3.8) is 0 Å². The first-order valence-corrected chi connectivity index (χ1v) is 9.28.